The molecule has 3 N–H and O–H groups in total. The minimum Gasteiger partial charge on any atom is -0.329 e. The number of H-pyrrole nitrogens is 1. The minimum atomic E-state index is -3.75. The van der Waals surface area contributed by atoms with Crippen LogP contribution in [0.3, 0.4) is 0 Å². The molecule has 0 saturated heterocycles. The van der Waals surface area contributed by atoms with Crippen molar-refractivity contribution in [3.05, 3.63) is 47.7 Å². The van der Waals surface area contributed by atoms with Crippen molar-refractivity contribution in [2.75, 3.05) is 10.0 Å². The number of carbonyl (C=O) groups excluding carboxylic acids is 1. The Bertz CT molecular complexity index is 1010. The van der Waals surface area contributed by atoms with E-state index in [9.17, 15) is 13.2 Å². The van der Waals surface area contributed by atoms with Crippen LogP contribution in [0.15, 0.2) is 47.4 Å². The van der Waals surface area contributed by atoms with E-state index in [1.165, 1.54) is 31.2 Å². The van der Waals surface area contributed by atoms with Gasteiger partial charge in [-0.1, -0.05) is 0 Å². The molecule has 1 aromatic heterocycles. The summed E-state index contributed by atoms with van der Waals surface area (Å²) in [5.41, 5.74) is 2.17. The van der Waals surface area contributed by atoms with Crippen LogP contribution in [0, 0.1) is 0 Å². The maximum atomic E-state index is 12.4. The monoisotopic (exact) mass is 364 g/mol. The number of nitrogens with zero attached hydrogens (tertiary/aromatic N) is 1. The Morgan fingerprint density at radius 3 is 2.46 bits per heavy atom. The van der Waals surface area contributed by atoms with Gasteiger partial charge in [0, 0.05) is 12.6 Å². The SMILES string of the molecule is CC(=O)Nc1ccc(S(=O)(=O)Nc2ccc3nc(Cl)[nH]c3c2)cc1. The molecule has 2 aromatic carbocycles. The molecule has 3 rings (SSSR count). The van der Waals surface area contributed by atoms with Gasteiger partial charge in [-0.15, -0.1) is 0 Å². The van der Waals surface area contributed by atoms with E-state index in [1.807, 2.05) is 0 Å². The lowest BCUT2D eigenvalue weighted by Crippen LogP contribution is -2.13. The van der Waals surface area contributed by atoms with Crippen LogP contribution in [0.4, 0.5) is 11.4 Å². The number of aromatic nitrogens is 2. The third-order valence-corrected chi connectivity index (χ3v) is 4.77. The Morgan fingerprint density at radius 1 is 1.12 bits per heavy atom. The average molecular weight is 365 g/mol. The van der Waals surface area contributed by atoms with Crippen LogP contribution >= 0.6 is 11.6 Å². The predicted molar refractivity (Wildman–Crippen MR) is 92.7 cm³/mol. The lowest BCUT2D eigenvalue weighted by Gasteiger charge is -2.09. The minimum absolute atomic E-state index is 0.0827. The number of nitrogens with one attached hydrogen (secondary N) is 3. The summed E-state index contributed by atoms with van der Waals surface area (Å²) < 4.78 is 27.3. The third-order valence-electron chi connectivity index (χ3n) is 3.19. The molecule has 9 heteroatoms. The van der Waals surface area contributed by atoms with Crippen molar-refractivity contribution in [3.8, 4) is 0 Å². The summed E-state index contributed by atoms with van der Waals surface area (Å²) >= 11 is 5.78. The number of anilines is 2. The summed E-state index contributed by atoms with van der Waals surface area (Å²) in [7, 11) is -3.75. The number of hydrogen-bond donors (Lipinski definition) is 3. The van der Waals surface area contributed by atoms with Crippen LogP contribution in [-0.2, 0) is 14.8 Å². The number of fused-ring (bicyclic) bond motifs is 1. The van der Waals surface area contributed by atoms with Gasteiger partial charge in [-0.3, -0.25) is 9.52 Å². The van der Waals surface area contributed by atoms with Crippen molar-refractivity contribution < 1.29 is 13.2 Å². The lowest BCUT2D eigenvalue weighted by atomic mass is 10.3. The number of sulfonamides is 1. The lowest BCUT2D eigenvalue weighted by molar-refractivity contribution is -0.114. The number of aromatic amines is 1. The van der Waals surface area contributed by atoms with E-state index in [-0.39, 0.29) is 16.1 Å². The Labute approximate surface area is 143 Å². The quantitative estimate of drug-likeness (QED) is 0.662. The van der Waals surface area contributed by atoms with Gasteiger partial charge in [-0.25, -0.2) is 13.4 Å². The number of benzene rings is 2. The van der Waals surface area contributed by atoms with E-state index in [4.69, 9.17) is 11.6 Å². The second-order valence-corrected chi connectivity index (χ2v) is 7.11. The molecular formula is C15H13ClN4O3S. The molecule has 1 heterocycles. The zero-order valence-corrected chi connectivity index (χ0v) is 14.1. The Kier molecular flexibility index (Phi) is 4.16. The highest BCUT2D eigenvalue weighted by Gasteiger charge is 2.15. The van der Waals surface area contributed by atoms with Gasteiger partial charge in [0.05, 0.1) is 21.6 Å². The van der Waals surface area contributed by atoms with Gasteiger partial charge in [0.15, 0.2) is 0 Å². The number of amides is 1. The third kappa shape index (κ3) is 3.50. The van der Waals surface area contributed by atoms with Crippen LogP contribution in [-0.4, -0.2) is 24.3 Å². The molecule has 1 amide bonds. The highest BCUT2D eigenvalue weighted by atomic mass is 35.5. The van der Waals surface area contributed by atoms with Crippen LogP contribution in [0.5, 0.6) is 0 Å². The molecule has 0 aliphatic heterocycles. The fourth-order valence-electron chi connectivity index (χ4n) is 2.18. The zero-order chi connectivity index (χ0) is 17.3. The summed E-state index contributed by atoms with van der Waals surface area (Å²) in [6, 6.07) is 10.7. The molecule has 0 aliphatic rings. The zero-order valence-electron chi connectivity index (χ0n) is 12.5. The highest BCUT2D eigenvalue weighted by molar-refractivity contribution is 7.92. The molecule has 24 heavy (non-hydrogen) atoms. The summed E-state index contributed by atoms with van der Waals surface area (Å²) in [4.78, 5) is 17.9. The van der Waals surface area contributed by atoms with E-state index >= 15 is 0 Å². The number of carbonyl (C=O) groups is 1. The first-order valence-corrected chi connectivity index (χ1v) is 8.75. The number of halogens is 1. The molecular weight excluding hydrogens is 352 g/mol. The Hall–Kier alpha value is -2.58. The maximum Gasteiger partial charge on any atom is 0.261 e. The summed E-state index contributed by atoms with van der Waals surface area (Å²) in [6.45, 7) is 1.38. The van der Waals surface area contributed by atoms with Crippen molar-refractivity contribution in [1.29, 1.82) is 0 Å². The second kappa shape index (κ2) is 6.14. The van der Waals surface area contributed by atoms with Crippen molar-refractivity contribution in [1.82, 2.24) is 9.97 Å². The molecule has 0 radical (unpaired) electrons. The highest BCUT2D eigenvalue weighted by Crippen LogP contribution is 2.22. The van der Waals surface area contributed by atoms with Crippen molar-refractivity contribution in [2.24, 2.45) is 0 Å². The maximum absolute atomic E-state index is 12.4. The molecule has 0 atom stereocenters. The van der Waals surface area contributed by atoms with E-state index in [1.54, 1.807) is 18.2 Å². The number of rotatable bonds is 4. The predicted octanol–water partition coefficient (Wildman–Crippen LogP) is 2.98. The van der Waals surface area contributed by atoms with Gasteiger partial charge in [-0.2, -0.15) is 0 Å². The number of hydrogen-bond acceptors (Lipinski definition) is 4. The standard InChI is InChI=1S/C15H13ClN4O3S/c1-9(21)17-10-2-5-12(6-3-10)24(22,23)20-11-4-7-13-14(8-11)19-15(16)18-13/h2-8,20H,1H3,(H,17,21)(H,18,19). The largest absolute Gasteiger partial charge is 0.329 e. The van der Waals surface area contributed by atoms with E-state index in [0.29, 0.717) is 22.4 Å². The molecule has 0 aliphatic carbocycles. The van der Waals surface area contributed by atoms with E-state index < -0.39 is 10.0 Å². The van der Waals surface area contributed by atoms with Gasteiger partial charge in [0.1, 0.15) is 0 Å². The molecule has 0 bridgehead atoms. The van der Waals surface area contributed by atoms with Crippen LogP contribution < -0.4 is 10.0 Å². The molecule has 0 fully saturated rings. The Morgan fingerprint density at radius 2 is 1.79 bits per heavy atom. The molecule has 0 spiro atoms. The molecule has 0 saturated carbocycles. The van der Waals surface area contributed by atoms with Gasteiger partial charge < -0.3 is 10.3 Å². The Balaban J connectivity index is 1.85. The fourth-order valence-corrected chi connectivity index (χ4v) is 3.42. The van der Waals surface area contributed by atoms with Crippen molar-refractivity contribution in [2.45, 2.75) is 11.8 Å². The summed E-state index contributed by atoms with van der Waals surface area (Å²) in [5, 5.41) is 2.81. The molecule has 7 nitrogen and oxygen atoms in total. The first kappa shape index (κ1) is 16.3. The van der Waals surface area contributed by atoms with Crippen LogP contribution in [0.1, 0.15) is 6.92 Å². The molecule has 0 unspecified atom stereocenters. The number of imidazole rings is 1. The fraction of sp³-hybridized carbons (Fsp3) is 0.0667. The van der Waals surface area contributed by atoms with Gasteiger partial charge in [0.25, 0.3) is 10.0 Å². The van der Waals surface area contributed by atoms with E-state index in [2.05, 4.69) is 20.0 Å². The van der Waals surface area contributed by atoms with Crippen LogP contribution in [0.25, 0.3) is 11.0 Å². The van der Waals surface area contributed by atoms with Crippen LogP contribution in [0.2, 0.25) is 5.28 Å². The van der Waals surface area contributed by atoms with Gasteiger partial charge >= 0.3 is 0 Å². The second-order valence-electron chi connectivity index (χ2n) is 5.07. The van der Waals surface area contributed by atoms with Crippen molar-refractivity contribution >= 4 is 49.9 Å². The smallest absolute Gasteiger partial charge is 0.261 e. The first-order chi connectivity index (χ1) is 11.3. The summed E-state index contributed by atoms with van der Waals surface area (Å²) in [5.74, 6) is -0.227. The topological polar surface area (TPSA) is 104 Å². The normalized spacial score (nSPS) is 11.4. The van der Waals surface area contributed by atoms with Gasteiger partial charge in [0.2, 0.25) is 11.2 Å². The van der Waals surface area contributed by atoms with Gasteiger partial charge in [-0.05, 0) is 54.1 Å². The molecule has 3 aromatic rings. The van der Waals surface area contributed by atoms with E-state index in [0.717, 1.165) is 0 Å². The summed E-state index contributed by atoms with van der Waals surface area (Å²) in [6.07, 6.45) is 0. The molecule has 124 valence electrons. The average Bonchev–Trinajstić information content (AvgIpc) is 2.86. The van der Waals surface area contributed by atoms with Crippen molar-refractivity contribution in [3.63, 3.8) is 0 Å². The first-order valence-electron chi connectivity index (χ1n) is 6.89.